The summed E-state index contributed by atoms with van der Waals surface area (Å²) in [6, 6.07) is 6.66. The Morgan fingerprint density at radius 1 is 1.60 bits per heavy atom. The summed E-state index contributed by atoms with van der Waals surface area (Å²) in [6.45, 7) is 1.81. The van der Waals surface area contributed by atoms with Crippen LogP contribution in [0.1, 0.15) is 24.0 Å². The Hall–Kier alpha value is -1.93. The third kappa shape index (κ3) is 3.14. The SMILES string of the molecule is COC(=O)C1CCCN(Cc2cccc(C#N)c2F)C1. The molecule has 2 rings (SSSR count). The van der Waals surface area contributed by atoms with Crippen molar-refractivity contribution in [2.45, 2.75) is 19.4 Å². The molecule has 0 aromatic heterocycles. The van der Waals surface area contributed by atoms with Gasteiger partial charge in [0, 0.05) is 18.7 Å². The molecule has 0 aliphatic carbocycles. The lowest BCUT2D eigenvalue weighted by atomic mass is 9.97. The van der Waals surface area contributed by atoms with Crippen molar-refractivity contribution in [2.75, 3.05) is 20.2 Å². The van der Waals surface area contributed by atoms with Crippen LogP contribution in [0, 0.1) is 23.1 Å². The van der Waals surface area contributed by atoms with Crippen LogP contribution >= 0.6 is 0 Å². The first-order valence-corrected chi connectivity index (χ1v) is 6.63. The first-order valence-electron chi connectivity index (χ1n) is 6.63. The summed E-state index contributed by atoms with van der Waals surface area (Å²) in [5, 5.41) is 8.83. The lowest BCUT2D eigenvalue weighted by molar-refractivity contribution is -0.147. The van der Waals surface area contributed by atoms with Gasteiger partial charge in [-0.25, -0.2) is 4.39 Å². The van der Waals surface area contributed by atoms with Gasteiger partial charge in [0.1, 0.15) is 11.9 Å². The smallest absolute Gasteiger partial charge is 0.309 e. The topological polar surface area (TPSA) is 53.3 Å². The maximum atomic E-state index is 14.0. The Morgan fingerprint density at radius 3 is 3.10 bits per heavy atom. The van der Waals surface area contributed by atoms with E-state index in [4.69, 9.17) is 10.00 Å². The number of esters is 1. The van der Waals surface area contributed by atoms with E-state index in [1.54, 1.807) is 12.1 Å². The number of rotatable bonds is 3. The Kier molecular flexibility index (Phi) is 4.70. The molecule has 1 aromatic rings. The minimum atomic E-state index is -0.463. The maximum Gasteiger partial charge on any atom is 0.309 e. The molecule has 1 aliphatic rings. The van der Waals surface area contributed by atoms with Crippen molar-refractivity contribution in [3.05, 3.63) is 35.1 Å². The van der Waals surface area contributed by atoms with Crippen LogP contribution in [0.2, 0.25) is 0 Å². The molecule has 1 aliphatic heterocycles. The van der Waals surface area contributed by atoms with Crippen LogP contribution in [0.25, 0.3) is 0 Å². The summed E-state index contributed by atoms with van der Waals surface area (Å²) in [4.78, 5) is 13.6. The summed E-state index contributed by atoms with van der Waals surface area (Å²) in [5.41, 5.74) is 0.554. The second-order valence-electron chi connectivity index (χ2n) is 4.99. The largest absolute Gasteiger partial charge is 0.469 e. The predicted molar refractivity (Wildman–Crippen MR) is 71.1 cm³/mol. The molecule has 0 spiro atoms. The van der Waals surface area contributed by atoms with Gasteiger partial charge in [0.05, 0.1) is 18.6 Å². The van der Waals surface area contributed by atoms with Gasteiger partial charge in [-0.3, -0.25) is 9.69 Å². The number of ether oxygens (including phenoxy) is 1. The molecule has 1 heterocycles. The zero-order chi connectivity index (χ0) is 14.5. The molecular weight excluding hydrogens is 259 g/mol. The van der Waals surface area contributed by atoms with Gasteiger partial charge in [-0.15, -0.1) is 0 Å². The van der Waals surface area contributed by atoms with E-state index in [9.17, 15) is 9.18 Å². The van der Waals surface area contributed by atoms with Crippen LogP contribution < -0.4 is 0 Å². The second-order valence-corrected chi connectivity index (χ2v) is 4.99. The Balaban J connectivity index is 2.07. The van der Waals surface area contributed by atoms with Crippen molar-refractivity contribution in [3.8, 4) is 6.07 Å². The van der Waals surface area contributed by atoms with Gasteiger partial charge in [0.15, 0.2) is 0 Å². The number of hydrogen-bond donors (Lipinski definition) is 0. The third-order valence-electron chi connectivity index (χ3n) is 3.63. The number of likely N-dealkylation sites (tertiary alicyclic amines) is 1. The number of nitriles is 1. The van der Waals surface area contributed by atoms with Crippen LogP contribution in [-0.4, -0.2) is 31.1 Å². The maximum absolute atomic E-state index is 14.0. The number of carbonyl (C=O) groups excluding carboxylic acids is 1. The lowest BCUT2D eigenvalue weighted by Gasteiger charge is -2.31. The molecule has 1 fully saturated rings. The quantitative estimate of drug-likeness (QED) is 0.793. The van der Waals surface area contributed by atoms with Crippen molar-refractivity contribution in [2.24, 2.45) is 5.92 Å². The molecule has 1 atom stereocenters. The van der Waals surface area contributed by atoms with E-state index < -0.39 is 5.82 Å². The van der Waals surface area contributed by atoms with Gasteiger partial charge in [0.25, 0.3) is 0 Å². The highest BCUT2D eigenvalue weighted by Crippen LogP contribution is 2.21. The number of nitrogens with zero attached hydrogens (tertiary/aromatic N) is 2. The van der Waals surface area contributed by atoms with E-state index in [0.717, 1.165) is 19.4 Å². The zero-order valence-electron chi connectivity index (χ0n) is 11.4. The fourth-order valence-corrected chi connectivity index (χ4v) is 2.59. The van der Waals surface area contributed by atoms with Gasteiger partial charge >= 0.3 is 5.97 Å². The molecule has 106 valence electrons. The molecule has 1 unspecified atom stereocenters. The van der Waals surface area contributed by atoms with E-state index in [0.29, 0.717) is 18.7 Å². The molecule has 0 N–H and O–H groups in total. The Morgan fingerprint density at radius 2 is 2.40 bits per heavy atom. The molecule has 0 bridgehead atoms. The number of carbonyl (C=O) groups is 1. The van der Waals surface area contributed by atoms with Crippen molar-refractivity contribution < 1.29 is 13.9 Å². The lowest BCUT2D eigenvalue weighted by Crippen LogP contribution is -2.38. The molecule has 5 heteroatoms. The highest BCUT2D eigenvalue weighted by atomic mass is 19.1. The first kappa shape index (κ1) is 14.5. The number of benzene rings is 1. The molecule has 4 nitrogen and oxygen atoms in total. The Labute approximate surface area is 117 Å². The Bertz CT molecular complexity index is 539. The van der Waals surface area contributed by atoms with E-state index in [2.05, 4.69) is 0 Å². The minimum absolute atomic E-state index is 0.0593. The third-order valence-corrected chi connectivity index (χ3v) is 3.63. The predicted octanol–water partition coefficient (Wildman–Crippen LogP) is 2.08. The summed E-state index contributed by atoms with van der Waals surface area (Å²) in [7, 11) is 1.39. The fourth-order valence-electron chi connectivity index (χ4n) is 2.59. The van der Waals surface area contributed by atoms with Gasteiger partial charge in [-0.2, -0.15) is 5.26 Å². The van der Waals surface area contributed by atoms with Crippen molar-refractivity contribution in [1.29, 1.82) is 5.26 Å². The highest BCUT2D eigenvalue weighted by molar-refractivity contribution is 5.72. The second kappa shape index (κ2) is 6.49. The van der Waals surface area contributed by atoms with Gasteiger partial charge in [-0.1, -0.05) is 12.1 Å². The zero-order valence-corrected chi connectivity index (χ0v) is 11.4. The van der Waals surface area contributed by atoms with Crippen molar-refractivity contribution in [3.63, 3.8) is 0 Å². The monoisotopic (exact) mass is 276 g/mol. The number of halogens is 1. The van der Waals surface area contributed by atoms with E-state index in [1.165, 1.54) is 13.2 Å². The molecule has 20 heavy (non-hydrogen) atoms. The average Bonchev–Trinajstić information content (AvgIpc) is 2.49. The van der Waals surface area contributed by atoms with Gasteiger partial charge < -0.3 is 4.74 Å². The molecule has 0 amide bonds. The summed E-state index contributed by atoms with van der Waals surface area (Å²) >= 11 is 0. The van der Waals surface area contributed by atoms with Crippen molar-refractivity contribution >= 4 is 5.97 Å². The normalized spacial score (nSPS) is 19.4. The van der Waals surface area contributed by atoms with E-state index in [1.807, 2.05) is 11.0 Å². The number of hydrogen-bond acceptors (Lipinski definition) is 4. The van der Waals surface area contributed by atoms with Crippen LogP contribution in [0.5, 0.6) is 0 Å². The standard InChI is InChI=1S/C15H17FN2O2/c1-20-15(19)13-6-3-7-18(10-13)9-12-5-2-4-11(8-17)14(12)16/h2,4-5,13H,3,6-7,9-10H2,1H3. The van der Waals surface area contributed by atoms with Crippen molar-refractivity contribution in [1.82, 2.24) is 4.90 Å². The average molecular weight is 276 g/mol. The summed E-state index contributed by atoms with van der Waals surface area (Å²) in [5.74, 6) is -0.813. The minimum Gasteiger partial charge on any atom is -0.469 e. The van der Waals surface area contributed by atoms with Crippen LogP contribution in [0.15, 0.2) is 18.2 Å². The molecule has 1 aromatic carbocycles. The summed E-state index contributed by atoms with van der Waals surface area (Å²) < 4.78 is 18.8. The highest BCUT2D eigenvalue weighted by Gasteiger charge is 2.26. The molecular formula is C15H17FN2O2. The fraction of sp³-hybridized carbons (Fsp3) is 0.467. The molecule has 0 saturated carbocycles. The van der Waals surface area contributed by atoms with Crippen LogP contribution in [0.4, 0.5) is 4.39 Å². The molecule has 1 saturated heterocycles. The number of piperidine rings is 1. The van der Waals surface area contributed by atoms with E-state index >= 15 is 0 Å². The first-order chi connectivity index (χ1) is 9.65. The summed E-state index contributed by atoms with van der Waals surface area (Å²) in [6.07, 6.45) is 1.70. The van der Waals surface area contributed by atoms with Crippen LogP contribution in [0.3, 0.4) is 0 Å². The van der Waals surface area contributed by atoms with Gasteiger partial charge in [-0.05, 0) is 25.5 Å². The van der Waals surface area contributed by atoms with E-state index in [-0.39, 0.29) is 17.5 Å². The van der Waals surface area contributed by atoms with Crippen LogP contribution in [-0.2, 0) is 16.1 Å². The molecule has 0 radical (unpaired) electrons. The van der Waals surface area contributed by atoms with Gasteiger partial charge in [0.2, 0.25) is 0 Å². The number of methoxy groups -OCH3 is 1.